The molecule has 0 fully saturated rings. The average molecular weight is 387 g/mol. The zero-order valence-electron chi connectivity index (χ0n) is 14.7. The summed E-state index contributed by atoms with van der Waals surface area (Å²) in [5.74, 6) is -0.188. The van der Waals surface area contributed by atoms with E-state index in [0.29, 0.717) is 5.75 Å². The molecule has 0 bridgehead atoms. The number of aryl methyl sites for hydroxylation is 1. The molecule has 0 atom stereocenters. The predicted octanol–water partition coefficient (Wildman–Crippen LogP) is 1.90. The van der Waals surface area contributed by atoms with E-state index in [9.17, 15) is 13.2 Å². The number of nitrogens with zero attached hydrogens (tertiary/aromatic N) is 2. The summed E-state index contributed by atoms with van der Waals surface area (Å²) in [5.41, 5.74) is 0.918. The Bertz CT molecular complexity index is 975. The monoisotopic (exact) mass is 387 g/mol. The lowest BCUT2D eigenvalue weighted by Crippen LogP contribution is -2.30. The Hall–Kier alpha value is -3.38. The molecule has 8 nitrogen and oxygen atoms in total. The van der Waals surface area contributed by atoms with Gasteiger partial charge in [0.2, 0.25) is 5.71 Å². The van der Waals surface area contributed by atoms with Gasteiger partial charge in [0.25, 0.3) is 5.91 Å². The predicted molar refractivity (Wildman–Crippen MR) is 97.3 cm³/mol. The van der Waals surface area contributed by atoms with Crippen LogP contribution in [0, 0.1) is 18.3 Å². The summed E-state index contributed by atoms with van der Waals surface area (Å²) in [6.45, 7) is 1.92. The second-order valence-electron chi connectivity index (χ2n) is 5.42. The fourth-order valence-corrected chi connectivity index (χ4v) is 2.68. The Morgan fingerprint density at radius 2 is 1.78 bits per heavy atom. The van der Waals surface area contributed by atoms with Gasteiger partial charge in [0.1, 0.15) is 16.7 Å². The number of oxime groups is 1. The summed E-state index contributed by atoms with van der Waals surface area (Å²) in [7, 11) is -2.68. The third kappa shape index (κ3) is 5.55. The zero-order chi connectivity index (χ0) is 19.9. The largest absolute Gasteiger partial charge is 0.497 e. The lowest BCUT2D eigenvalue weighted by Gasteiger charge is -2.05. The highest BCUT2D eigenvalue weighted by Gasteiger charge is 2.18. The molecule has 9 heteroatoms. The third-order valence-corrected chi connectivity index (χ3v) is 4.59. The second-order valence-corrected chi connectivity index (χ2v) is 6.95. The van der Waals surface area contributed by atoms with E-state index in [0.717, 1.165) is 11.1 Å². The van der Waals surface area contributed by atoms with E-state index in [2.05, 4.69) is 14.8 Å². The molecular formula is C18H17N3O5S. The molecule has 0 aromatic heterocycles. The van der Waals surface area contributed by atoms with Gasteiger partial charge >= 0.3 is 10.1 Å². The molecule has 0 aliphatic rings. The summed E-state index contributed by atoms with van der Waals surface area (Å²) < 4.78 is 33.6. The Morgan fingerprint density at radius 3 is 2.33 bits per heavy atom. The van der Waals surface area contributed by atoms with Crippen molar-refractivity contribution in [3.8, 4) is 11.8 Å². The van der Waals surface area contributed by atoms with Crippen molar-refractivity contribution in [2.45, 2.75) is 18.4 Å². The normalized spacial score (nSPS) is 11.4. The highest BCUT2D eigenvalue weighted by atomic mass is 32.2. The van der Waals surface area contributed by atoms with Gasteiger partial charge in [-0.25, -0.2) is 0 Å². The molecule has 27 heavy (non-hydrogen) atoms. The average Bonchev–Trinajstić information content (AvgIpc) is 2.67. The number of ether oxygens (including phenoxy) is 1. The molecule has 0 aliphatic carbocycles. The van der Waals surface area contributed by atoms with Gasteiger partial charge in [0.05, 0.1) is 7.11 Å². The number of benzene rings is 2. The van der Waals surface area contributed by atoms with Crippen LogP contribution < -0.4 is 10.1 Å². The Morgan fingerprint density at radius 1 is 1.15 bits per heavy atom. The van der Waals surface area contributed by atoms with Crippen LogP contribution in [0.4, 0.5) is 0 Å². The van der Waals surface area contributed by atoms with Gasteiger partial charge in [-0.3, -0.25) is 9.08 Å². The number of nitriles is 1. The van der Waals surface area contributed by atoms with E-state index in [1.54, 1.807) is 43.3 Å². The van der Waals surface area contributed by atoms with Crippen LogP contribution in [0.1, 0.15) is 11.1 Å². The number of hydrogen-bond donors (Lipinski definition) is 1. The number of amides is 1. The standard InChI is InChI=1S/C18H17N3O5S/c1-13-3-9-16(10-4-13)27(23,24)26-21-17(11-19)18(22)20-12-14-5-7-15(25-2)8-6-14/h3-10H,12H2,1-2H3,(H,20,22). The van der Waals surface area contributed by atoms with Crippen molar-refractivity contribution in [2.75, 3.05) is 7.11 Å². The van der Waals surface area contributed by atoms with E-state index < -0.39 is 21.7 Å². The SMILES string of the molecule is COc1ccc(CNC(=O)C(C#N)=NOS(=O)(=O)c2ccc(C)cc2)cc1. The molecule has 0 saturated carbocycles. The molecule has 2 rings (SSSR count). The number of carbonyl (C=O) groups is 1. The van der Waals surface area contributed by atoms with Crippen molar-refractivity contribution in [2.24, 2.45) is 5.16 Å². The van der Waals surface area contributed by atoms with E-state index in [1.807, 2.05) is 0 Å². The van der Waals surface area contributed by atoms with Crippen LogP contribution in [-0.2, 0) is 25.7 Å². The minimum Gasteiger partial charge on any atom is -0.497 e. The maximum atomic E-state index is 12.0. The molecule has 1 amide bonds. The van der Waals surface area contributed by atoms with Gasteiger partial charge in [-0.1, -0.05) is 29.8 Å². The van der Waals surface area contributed by atoms with Crippen LogP contribution in [0.3, 0.4) is 0 Å². The summed E-state index contributed by atoms with van der Waals surface area (Å²) >= 11 is 0. The smallest absolute Gasteiger partial charge is 0.358 e. The molecule has 0 saturated heterocycles. The molecule has 1 N–H and O–H groups in total. The number of rotatable bonds is 7. The van der Waals surface area contributed by atoms with Crippen LogP contribution in [0.15, 0.2) is 58.6 Å². The Labute approximate surface area is 157 Å². The number of nitrogens with one attached hydrogen (secondary N) is 1. The van der Waals surface area contributed by atoms with Crippen molar-refractivity contribution in [1.82, 2.24) is 5.32 Å². The molecule has 0 spiro atoms. The summed E-state index contributed by atoms with van der Waals surface area (Å²) in [6, 6.07) is 14.3. The third-order valence-electron chi connectivity index (χ3n) is 3.47. The van der Waals surface area contributed by atoms with Crippen molar-refractivity contribution in [1.29, 1.82) is 5.26 Å². The fourth-order valence-electron chi connectivity index (χ4n) is 1.96. The van der Waals surface area contributed by atoms with Crippen molar-refractivity contribution in [3.63, 3.8) is 0 Å². The minimum absolute atomic E-state index is 0.119. The van der Waals surface area contributed by atoms with Crippen LogP contribution in [0.2, 0.25) is 0 Å². The van der Waals surface area contributed by atoms with Gasteiger partial charge in [0, 0.05) is 6.54 Å². The van der Waals surface area contributed by atoms with Crippen molar-refractivity contribution >= 4 is 21.7 Å². The highest BCUT2D eigenvalue weighted by Crippen LogP contribution is 2.14. The van der Waals surface area contributed by atoms with Gasteiger partial charge < -0.3 is 10.1 Å². The molecule has 140 valence electrons. The van der Waals surface area contributed by atoms with E-state index in [-0.39, 0.29) is 11.4 Å². The fraction of sp³-hybridized carbons (Fsp3) is 0.167. The summed E-state index contributed by atoms with van der Waals surface area (Å²) in [5, 5.41) is 14.7. The number of methoxy groups -OCH3 is 1. The lowest BCUT2D eigenvalue weighted by atomic mass is 10.2. The van der Waals surface area contributed by atoms with Crippen LogP contribution in [-0.4, -0.2) is 27.1 Å². The van der Waals surface area contributed by atoms with Crippen molar-refractivity contribution in [3.05, 3.63) is 59.7 Å². The van der Waals surface area contributed by atoms with Crippen LogP contribution in [0.5, 0.6) is 5.75 Å². The first-order valence-electron chi connectivity index (χ1n) is 7.75. The Balaban J connectivity index is 2.02. The maximum Gasteiger partial charge on any atom is 0.358 e. The molecule has 2 aromatic rings. The van der Waals surface area contributed by atoms with Gasteiger partial charge in [-0.05, 0) is 41.9 Å². The summed E-state index contributed by atoms with van der Waals surface area (Å²) in [6.07, 6.45) is 0. The lowest BCUT2D eigenvalue weighted by molar-refractivity contribution is -0.114. The molecule has 0 heterocycles. The minimum atomic E-state index is -4.22. The van der Waals surface area contributed by atoms with Crippen LogP contribution >= 0.6 is 0 Å². The van der Waals surface area contributed by atoms with Gasteiger partial charge in [0.15, 0.2) is 0 Å². The van der Waals surface area contributed by atoms with Gasteiger partial charge in [-0.2, -0.15) is 13.7 Å². The topological polar surface area (TPSA) is 118 Å². The second kappa shape index (κ2) is 8.82. The first-order valence-corrected chi connectivity index (χ1v) is 9.16. The van der Waals surface area contributed by atoms with Crippen LogP contribution in [0.25, 0.3) is 0 Å². The van der Waals surface area contributed by atoms with Crippen molar-refractivity contribution < 1.29 is 22.2 Å². The van der Waals surface area contributed by atoms with E-state index >= 15 is 0 Å². The van der Waals surface area contributed by atoms with E-state index in [4.69, 9.17) is 10.00 Å². The summed E-state index contributed by atoms with van der Waals surface area (Å²) in [4.78, 5) is 11.9. The van der Waals surface area contributed by atoms with E-state index in [1.165, 1.54) is 25.3 Å². The maximum absolute atomic E-state index is 12.0. The molecule has 0 unspecified atom stereocenters. The highest BCUT2D eigenvalue weighted by molar-refractivity contribution is 7.86. The molecular weight excluding hydrogens is 370 g/mol. The molecule has 0 aliphatic heterocycles. The first kappa shape index (κ1) is 19.9. The zero-order valence-corrected chi connectivity index (χ0v) is 15.5. The molecule has 2 aromatic carbocycles. The van der Waals surface area contributed by atoms with Gasteiger partial charge in [-0.15, -0.1) is 0 Å². The number of hydrogen-bond acceptors (Lipinski definition) is 7. The number of carbonyl (C=O) groups excluding carboxylic acids is 1. The molecule has 0 radical (unpaired) electrons. The Kier molecular flexibility index (Phi) is 6.51. The first-order chi connectivity index (χ1) is 12.9. The quantitative estimate of drug-likeness (QED) is 0.573.